The van der Waals surface area contributed by atoms with E-state index in [9.17, 15) is 9.59 Å². The van der Waals surface area contributed by atoms with Crippen molar-refractivity contribution in [1.82, 2.24) is 0 Å². The number of benzene rings is 1. The molecule has 0 radical (unpaired) electrons. The number of hydrogen-bond donors (Lipinski definition) is 1. The van der Waals surface area contributed by atoms with Gasteiger partial charge in [-0.25, -0.2) is 0 Å². The number of aliphatic carboxylic acids is 1. The van der Waals surface area contributed by atoms with Crippen molar-refractivity contribution in [2.75, 3.05) is 18.1 Å². The fourth-order valence-electron chi connectivity index (χ4n) is 1.15. The molecule has 0 bridgehead atoms. The molecule has 0 saturated heterocycles. The molecule has 1 N–H and O–H groups in total. The third kappa shape index (κ3) is 5.97. The Morgan fingerprint density at radius 3 is 2.65 bits per heavy atom. The molecule has 0 aliphatic carbocycles. The van der Waals surface area contributed by atoms with Crippen LogP contribution in [0.4, 0.5) is 0 Å². The number of thioether (sulfide) groups is 1. The highest BCUT2D eigenvalue weighted by Crippen LogP contribution is 2.11. The van der Waals surface area contributed by atoms with E-state index in [4.69, 9.17) is 9.84 Å². The van der Waals surface area contributed by atoms with Crippen LogP contribution in [0, 0.1) is 0 Å². The Morgan fingerprint density at radius 2 is 2.06 bits per heavy atom. The van der Waals surface area contributed by atoms with E-state index in [0.717, 1.165) is 24.2 Å². The molecular formula is C12H14O4S. The van der Waals surface area contributed by atoms with Crippen molar-refractivity contribution in [2.24, 2.45) is 0 Å². The number of hydrogen-bond acceptors (Lipinski definition) is 4. The summed E-state index contributed by atoms with van der Waals surface area (Å²) in [4.78, 5) is 20.6. The first-order chi connectivity index (χ1) is 8.22. The average molecular weight is 254 g/mol. The van der Waals surface area contributed by atoms with Crippen LogP contribution in [0.15, 0.2) is 24.3 Å². The minimum Gasteiger partial charge on any atom is -0.494 e. The van der Waals surface area contributed by atoms with Crippen LogP contribution in [-0.4, -0.2) is 35.5 Å². The highest BCUT2D eigenvalue weighted by Gasteiger charge is 1.98. The van der Waals surface area contributed by atoms with Crippen LogP contribution in [0.3, 0.4) is 0 Å². The molecule has 92 valence electrons. The van der Waals surface area contributed by atoms with Gasteiger partial charge in [0.1, 0.15) is 12.0 Å². The zero-order chi connectivity index (χ0) is 12.5. The molecule has 1 aromatic carbocycles. The van der Waals surface area contributed by atoms with E-state index < -0.39 is 5.97 Å². The maximum absolute atomic E-state index is 10.4. The van der Waals surface area contributed by atoms with Crippen LogP contribution >= 0.6 is 11.8 Å². The summed E-state index contributed by atoms with van der Waals surface area (Å²) in [5.74, 6) is 0.825. The second-order valence-electron chi connectivity index (χ2n) is 3.34. The molecule has 0 heterocycles. The first-order valence-electron chi connectivity index (χ1n) is 5.20. The molecule has 0 aliphatic rings. The molecule has 0 aromatic heterocycles. The molecule has 0 aliphatic heterocycles. The van der Waals surface area contributed by atoms with Crippen LogP contribution in [0.5, 0.6) is 5.75 Å². The van der Waals surface area contributed by atoms with E-state index >= 15 is 0 Å². The Labute approximate surface area is 104 Å². The maximum atomic E-state index is 10.4. The molecular weight excluding hydrogens is 240 g/mol. The standard InChI is InChI=1S/C12H14O4S/c13-8-10-2-4-11(5-3-10)16-6-1-7-17-9-12(14)15/h2-5,8H,1,6-7,9H2,(H,14,15). The maximum Gasteiger partial charge on any atom is 0.313 e. The largest absolute Gasteiger partial charge is 0.494 e. The molecule has 0 fully saturated rings. The predicted molar refractivity (Wildman–Crippen MR) is 66.9 cm³/mol. The lowest BCUT2D eigenvalue weighted by Gasteiger charge is -2.05. The van der Waals surface area contributed by atoms with Crippen LogP contribution in [0.25, 0.3) is 0 Å². The monoisotopic (exact) mass is 254 g/mol. The molecule has 0 saturated carbocycles. The van der Waals surface area contributed by atoms with Crippen molar-refractivity contribution in [1.29, 1.82) is 0 Å². The van der Waals surface area contributed by atoms with Gasteiger partial charge in [0.15, 0.2) is 0 Å². The van der Waals surface area contributed by atoms with E-state index in [0.29, 0.717) is 12.2 Å². The van der Waals surface area contributed by atoms with Crippen LogP contribution in [-0.2, 0) is 4.79 Å². The summed E-state index contributed by atoms with van der Waals surface area (Å²) >= 11 is 1.38. The summed E-state index contributed by atoms with van der Waals surface area (Å²) < 4.78 is 5.44. The predicted octanol–water partition coefficient (Wildman–Crippen LogP) is 2.09. The molecule has 5 heteroatoms. The fourth-order valence-corrected chi connectivity index (χ4v) is 1.79. The van der Waals surface area contributed by atoms with Gasteiger partial charge in [-0.05, 0) is 36.4 Å². The van der Waals surface area contributed by atoms with Crippen molar-refractivity contribution < 1.29 is 19.4 Å². The number of carbonyl (C=O) groups is 2. The van der Waals surface area contributed by atoms with Crippen LogP contribution in [0.1, 0.15) is 16.8 Å². The number of carboxylic acid groups (broad SMARTS) is 1. The van der Waals surface area contributed by atoms with E-state index in [2.05, 4.69) is 0 Å². The Kier molecular flexibility index (Phi) is 6.17. The van der Waals surface area contributed by atoms with Crippen molar-refractivity contribution in [3.63, 3.8) is 0 Å². The lowest BCUT2D eigenvalue weighted by Crippen LogP contribution is -2.02. The minimum absolute atomic E-state index is 0.133. The minimum atomic E-state index is -0.791. The Bertz CT molecular complexity index is 361. The summed E-state index contributed by atoms with van der Waals surface area (Å²) in [5, 5.41) is 8.42. The van der Waals surface area contributed by atoms with Gasteiger partial charge in [0.25, 0.3) is 0 Å². The van der Waals surface area contributed by atoms with Gasteiger partial charge in [-0.1, -0.05) is 0 Å². The number of aldehydes is 1. The van der Waals surface area contributed by atoms with Crippen molar-refractivity contribution in [3.05, 3.63) is 29.8 Å². The fraction of sp³-hybridized carbons (Fsp3) is 0.333. The summed E-state index contributed by atoms with van der Waals surface area (Å²) in [6, 6.07) is 6.88. The number of rotatable bonds is 8. The molecule has 0 amide bonds. The van der Waals surface area contributed by atoms with E-state index in [-0.39, 0.29) is 5.75 Å². The second kappa shape index (κ2) is 7.73. The number of carbonyl (C=O) groups excluding carboxylic acids is 1. The lowest BCUT2D eigenvalue weighted by atomic mass is 10.2. The Morgan fingerprint density at radius 1 is 1.35 bits per heavy atom. The Balaban J connectivity index is 2.13. The third-order valence-corrected chi connectivity index (χ3v) is 2.97. The molecule has 4 nitrogen and oxygen atoms in total. The summed E-state index contributed by atoms with van der Waals surface area (Å²) in [6.07, 6.45) is 1.58. The molecule has 17 heavy (non-hydrogen) atoms. The molecule has 0 unspecified atom stereocenters. The highest BCUT2D eigenvalue weighted by atomic mass is 32.2. The van der Waals surface area contributed by atoms with Crippen molar-refractivity contribution >= 4 is 24.0 Å². The molecule has 1 aromatic rings. The smallest absolute Gasteiger partial charge is 0.313 e. The van der Waals surface area contributed by atoms with E-state index in [1.807, 2.05) is 0 Å². The number of carboxylic acids is 1. The van der Waals surface area contributed by atoms with Gasteiger partial charge in [-0.2, -0.15) is 11.8 Å². The molecule has 0 spiro atoms. The normalized spacial score (nSPS) is 9.88. The SMILES string of the molecule is O=Cc1ccc(OCCCSCC(=O)O)cc1. The highest BCUT2D eigenvalue weighted by molar-refractivity contribution is 7.99. The number of ether oxygens (including phenoxy) is 1. The summed E-state index contributed by atoms with van der Waals surface area (Å²) in [7, 11) is 0. The van der Waals surface area contributed by atoms with Gasteiger partial charge in [-0.3, -0.25) is 9.59 Å². The second-order valence-corrected chi connectivity index (χ2v) is 4.44. The summed E-state index contributed by atoms with van der Waals surface area (Å²) in [6.45, 7) is 0.549. The van der Waals surface area contributed by atoms with Crippen molar-refractivity contribution in [3.8, 4) is 5.75 Å². The van der Waals surface area contributed by atoms with E-state index in [1.54, 1.807) is 24.3 Å². The summed E-state index contributed by atoms with van der Waals surface area (Å²) in [5.41, 5.74) is 0.620. The zero-order valence-electron chi connectivity index (χ0n) is 9.30. The molecule has 0 atom stereocenters. The third-order valence-electron chi connectivity index (χ3n) is 1.94. The zero-order valence-corrected chi connectivity index (χ0v) is 10.1. The van der Waals surface area contributed by atoms with Gasteiger partial charge in [0, 0.05) is 5.56 Å². The van der Waals surface area contributed by atoms with Crippen LogP contribution < -0.4 is 4.74 Å². The van der Waals surface area contributed by atoms with Gasteiger partial charge in [0.05, 0.1) is 12.4 Å². The first kappa shape index (κ1) is 13.6. The molecule has 1 rings (SSSR count). The lowest BCUT2D eigenvalue weighted by molar-refractivity contribution is -0.133. The van der Waals surface area contributed by atoms with Gasteiger partial charge in [0.2, 0.25) is 0 Å². The van der Waals surface area contributed by atoms with E-state index in [1.165, 1.54) is 11.8 Å². The van der Waals surface area contributed by atoms with Gasteiger partial charge >= 0.3 is 5.97 Å². The van der Waals surface area contributed by atoms with Gasteiger partial charge < -0.3 is 9.84 Å². The van der Waals surface area contributed by atoms with Crippen molar-refractivity contribution in [2.45, 2.75) is 6.42 Å². The first-order valence-corrected chi connectivity index (χ1v) is 6.35. The topological polar surface area (TPSA) is 63.6 Å². The van der Waals surface area contributed by atoms with Gasteiger partial charge in [-0.15, -0.1) is 0 Å². The average Bonchev–Trinajstić information content (AvgIpc) is 2.34. The van der Waals surface area contributed by atoms with Crippen LogP contribution in [0.2, 0.25) is 0 Å². The Hall–Kier alpha value is -1.49. The quantitative estimate of drug-likeness (QED) is 0.568.